The molecule has 150 valence electrons. The molecule has 8 nitrogen and oxygen atoms in total. The van der Waals surface area contributed by atoms with Crippen molar-refractivity contribution in [1.82, 2.24) is 19.6 Å². The van der Waals surface area contributed by atoms with E-state index in [9.17, 15) is 13.2 Å². The van der Waals surface area contributed by atoms with Crippen molar-refractivity contribution in [2.24, 2.45) is 0 Å². The van der Waals surface area contributed by atoms with Gasteiger partial charge in [0.05, 0.1) is 18.5 Å². The van der Waals surface area contributed by atoms with Crippen LogP contribution >= 0.6 is 11.6 Å². The van der Waals surface area contributed by atoms with Gasteiger partial charge in [-0.25, -0.2) is 23.1 Å². The van der Waals surface area contributed by atoms with Gasteiger partial charge >= 0.3 is 0 Å². The van der Waals surface area contributed by atoms with Gasteiger partial charge in [0.2, 0.25) is 21.9 Å². The fraction of sp³-hybridized carbons (Fsp3) is 0.389. The Morgan fingerprint density at radius 2 is 2.07 bits per heavy atom. The summed E-state index contributed by atoms with van der Waals surface area (Å²) in [4.78, 5) is 22.7. The van der Waals surface area contributed by atoms with Gasteiger partial charge in [-0.15, -0.1) is 0 Å². The van der Waals surface area contributed by atoms with Gasteiger partial charge in [-0.05, 0) is 30.5 Å². The Kier molecular flexibility index (Phi) is 6.17. The molecule has 28 heavy (non-hydrogen) atoms. The van der Waals surface area contributed by atoms with Crippen LogP contribution in [0, 0.1) is 0 Å². The highest BCUT2D eigenvalue weighted by Crippen LogP contribution is 2.33. The Balaban J connectivity index is 1.83. The molecule has 1 unspecified atom stereocenters. The number of hydrogen-bond acceptors (Lipinski definition) is 6. The van der Waals surface area contributed by atoms with Gasteiger partial charge in [-0.2, -0.15) is 0 Å². The minimum absolute atomic E-state index is 0.0214. The number of carbonyl (C=O) groups excluding carboxylic acids is 1. The molecule has 3 rings (SSSR count). The van der Waals surface area contributed by atoms with Crippen LogP contribution in [0.5, 0.6) is 0 Å². The van der Waals surface area contributed by atoms with Crippen molar-refractivity contribution in [3.63, 3.8) is 0 Å². The van der Waals surface area contributed by atoms with E-state index in [2.05, 4.69) is 14.7 Å². The molecule has 1 amide bonds. The average molecular weight is 424 g/mol. The van der Waals surface area contributed by atoms with E-state index in [1.165, 1.54) is 0 Å². The van der Waals surface area contributed by atoms with E-state index in [4.69, 9.17) is 17.3 Å². The number of piperidine rings is 1. The summed E-state index contributed by atoms with van der Waals surface area (Å²) in [5, 5.41) is 0.634. The maximum Gasteiger partial charge on any atom is 0.237 e. The number of sulfonamides is 1. The first kappa shape index (κ1) is 20.5. The van der Waals surface area contributed by atoms with Gasteiger partial charge in [0.1, 0.15) is 0 Å². The van der Waals surface area contributed by atoms with E-state index in [1.807, 2.05) is 12.1 Å². The number of nitrogen functional groups attached to an aromatic ring is 1. The number of likely N-dealkylation sites (tertiary alicyclic amines) is 1. The van der Waals surface area contributed by atoms with Gasteiger partial charge in [0.25, 0.3) is 0 Å². The summed E-state index contributed by atoms with van der Waals surface area (Å²) in [6, 6.07) is 7.38. The number of aromatic nitrogens is 2. The summed E-state index contributed by atoms with van der Waals surface area (Å²) in [6.45, 7) is 0.778. The molecule has 1 aliphatic heterocycles. The van der Waals surface area contributed by atoms with Crippen LogP contribution in [0.4, 0.5) is 5.95 Å². The maximum atomic E-state index is 12.4. The highest BCUT2D eigenvalue weighted by molar-refractivity contribution is 7.88. The predicted molar refractivity (Wildman–Crippen MR) is 108 cm³/mol. The summed E-state index contributed by atoms with van der Waals surface area (Å²) < 4.78 is 24.7. The lowest BCUT2D eigenvalue weighted by atomic mass is 9.90. The smallest absolute Gasteiger partial charge is 0.237 e. The number of halogens is 1. The molecule has 2 heterocycles. The zero-order chi connectivity index (χ0) is 20.3. The van der Waals surface area contributed by atoms with Crippen molar-refractivity contribution >= 4 is 33.5 Å². The first-order valence-electron chi connectivity index (χ1n) is 8.83. The third kappa shape index (κ3) is 5.18. The largest absolute Gasteiger partial charge is 0.368 e. The Labute approximate surface area is 169 Å². The number of nitrogens with zero attached hydrogens (tertiary/aromatic N) is 3. The summed E-state index contributed by atoms with van der Waals surface area (Å²) in [6.07, 6.45) is 4.35. The summed E-state index contributed by atoms with van der Waals surface area (Å²) in [5.41, 5.74) is 8.37. The number of anilines is 1. The number of carbonyl (C=O) groups is 1. The Morgan fingerprint density at radius 1 is 1.36 bits per heavy atom. The van der Waals surface area contributed by atoms with Crippen LogP contribution in [-0.2, 0) is 14.8 Å². The van der Waals surface area contributed by atoms with Gasteiger partial charge in [0.15, 0.2) is 0 Å². The lowest BCUT2D eigenvalue weighted by Gasteiger charge is -2.33. The standard InChI is InChI=1S/C18H22ClN5O3S/c1-28(26,27)22-10-16(25)24-8-2-3-13(11-24)17-15(9-21-18(20)23-17)12-4-6-14(19)7-5-12/h4-7,9,13,22H,2-3,8,10-11H2,1H3,(H2,20,21,23). The molecule has 0 radical (unpaired) electrons. The van der Waals surface area contributed by atoms with Crippen molar-refractivity contribution in [1.29, 1.82) is 0 Å². The molecule has 0 saturated carbocycles. The van der Waals surface area contributed by atoms with Crippen molar-refractivity contribution in [3.05, 3.63) is 41.2 Å². The van der Waals surface area contributed by atoms with E-state index in [-0.39, 0.29) is 24.3 Å². The molecule has 2 aromatic rings. The minimum atomic E-state index is -3.42. The first-order valence-corrected chi connectivity index (χ1v) is 11.1. The van der Waals surface area contributed by atoms with Crippen LogP contribution in [0.3, 0.4) is 0 Å². The van der Waals surface area contributed by atoms with Crippen molar-refractivity contribution in [2.75, 3.05) is 31.6 Å². The number of nitrogens with one attached hydrogen (secondary N) is 1. The van der Waals surface area contributed by atoms with E-state index in [0.717, 1.165) is 35.9 Å². The molecule has 1 aromatic carbocycles. The molecular formula is C18H22ClN5O3S. The highest BCUT2D eigenvalue weighted by Gasteiger charge is 2.28. The van der Waals surface area contributed by atoms with Crippen molar-refractivity contribution < 1.29 is 13.2 Å². The second-order valence-corrected chi connectivity index (χ2v) is 9.08. The van der Waals surface area contributed by atoms with Gasteiger partial charge in [-0.3, -0.25) is 4.79 Å². The van der Waals surface area contributed by atoms with Gasteiger partial charge in [0, 0.05) is 35.8 Å². The van der Waals surface area contributed by atoms with E-state index in [0.29, 0.717) is 18.1 Å². The predicted octanol–water partition coefficient (Wildman–Crippen LogP) is 1.63. The molecule has 1 atom stereocenters. The summed E-state index contributed by atoms with van der Waals surface area (Å²) >= 11 is 5.98. The van der Waals surface area contributed by atoms with Gasteiger partial charge < -0.3 is 10.6 Å². The molecule has 0 bridgehead atoms. The number of hydrogen-bond donors (Lipinski definition) is 2. The molecule has 1 aliphatic rings. The third-order valence-electron chi connectivity index (χ3n) is 4.64. The monoisotopic (exact) mass is 423 g/mol. The fourth-order valence-electron chi connectivity index (χ4n) is 3.30. The third-order valence-corrected chi connectivity index (χ3v) is 5.56. The quantitative estimate of drug-likeness (QED) is 0.754. The number of amides is 1. The minimum Gasteiger partial charge on any atom is -0.368 e. The van der Waals surface area contributed by atoms with E-state index in [1.54, 1.807) is 23.2 Å². The summed E-state index contributed by atoms with van der Waals surface area (Å²) in [5.74, 6) is -0.105. The average Bonchev–Trinajstić information content (AvgIpc) is 2.66. The lowest BCUT2D eigenvalue weighted by molar-refractivity contribution is -0.131. The molecule has 0 spiro atoms. The maximum absolute atomic E-state index is 12.4. The topological polar surface area (TPSA) is 118 Å². The molecule has 0 aliphatic carbocycles. The van der Waals surface area contributed by atoms with Crippen LogP contribution < -0.4 is 10.5 Å². The number of rotatable bonds is 5. The van der Waals surface area contributed by atoms with Crippen LogP contribution in [0.25, 0.3) is 11.1 Å². The molecule has 10 heteroatoms. The van der Waals surface area contributed by atoms with Gasteiger partial charge in [-0.1, -0.05) is 23.7 Å². The number of nitrogens with two attached hydrogens (primary N) is 1. The van der Waals surface area contributed by atoms with E-state index < -0.39 is 10.0 Å². The molecule has 1 aromatic heterocycles. The zero-order valence-electron chi connectivity index (χ0n) is 15.4. The summed E-state index contributed by atoms with van der Waals surface area (Å²) in [7, 11) is -3.42. The molecule has 1 saturated heterocycles. The molecule has 3 N–H and O–H groups in total. The lowest BCUT2D eigenvalue weighted by Crippen LogP contribution is -2.44. The Hall–Kier alpha value is -2.23. The number of benzene rings is 1. The second-order valence-electron chi connectivity index (χ2n) is 6.81. The van der Waals surface area contributed by atoms with Crippen molar-refractivity contribution in [3.8, 4) is 11.1 Å². The molecule has 1 fully saturated rings. The van der Waals surface area contributed by atoms with Crippen LogP contribution in [0.2, 0.25) is 5.02 Å². The normalized spacial score (nSPS) is 17.5. The second kappa shape index (κ2) is 8.42. The van der Waals surface area contributed by atoms with E-state index >= 15 is 0 Å². The fourth-order valence-corrected chi connectivity index (χ4v) is 3.82. The Bertz CT molecular complexity index is 966. The van der Waals surface area contributed by atoms with Crippen molar-refractivity contribution in [2.45, 2.75) is 18.8 Å². The SMILES string of the molecule is CS(=O)(=O)NCC(=O)N1CCCC(c2nc(N)ncc2-c2ccc(Cl)cc2)C1. The van der Waals surface area contributed by atoms with Crippen LogP contribution in [-0.4, -0.2) is 55.1 Å². The van der Waals surface area contributed by atoms with Crippen LogP contribution in [0.15, 0.2) is 30.5 Å². The first-order chi connectivity index (χ1) is 13.2. The van der Waals surface area contributed by atoms with Crippen LogP contribution in [0.1, 0.15) is 24.5 Å². The molecular weight excluding hydrogens is 402 g/mol. The zero-order valence-corrected chi connectivity index (χ0v) is 17.0. The Morgan fingerprint density at radius 3 is 2.75 bits per heavy atom. The highest BCUT2D eigenvalue weighted by atomic mass is 35.5.